The van der Waals surface area contributed by atoms with E-state index in [2.05, 4.69) is 15.3 Å². The Labute approximate surface area is 143 Å². The molecule has 4 aromatic rings. The Bertz CT molecular complexity index is 1060. The van der Waals surface area contributed by atoms with Gasteiger partial charge in [0.05, 0.1) is 12.6 Å². The summed E-state index contributed by atoms with van der Waals surface area (Å²) in [5, 5.41) is 4.51. The van der Waals surface area contributed by atoms with Crippen molar-refractivity contribution < 1.29 is 13.9 Å². The van der Waals surface area contributed by atoms with Gasteiger partial charge in [0.25, 0.3) is 5.91 Å². The van der Waals surface area contributed by atoms with E-state index >= 15 is 0 Å². The highest BCUT2D eigenvalue weighted by molar-refractivity contribution is 5.98. The zero-order chi connectivity index (χ0) is 17.2. The molecular formula is C19H15N3O3. The fraction of sp³-hybridized carbons (Fsp3) is 0.105. The van der Waals surface area contributed by atoms with Gasteiger partial charge in [-0.2, -0.15) is 0 Å². The highest BCUT2D eigenvalue weighted by Gasteiger charge is 2.14. The van der Waals surface area contributed by atoms with Crippen molar-refractivity contribution in [3.05, 3.63) is 66.2 Å². The van der Waals surface area contributed by atoms with Crippen LogP contribution in [0.5, 0.6) is 5.75 Å². The van der Waals surface area contributed by atoms with Crippen molar-refractivity contribution >= 4 is 27.9 Å². The molecule has 3 heterocycles. The number of fused-ring (bicyclic) bond motifs is 2. The third-order valence-corrected chi connectivity index (χ3v) is 3.91. The van der Waals surface area contributed by atoms with Crippen LogP contribution in [0.3, 0.4) is 0 Å². The maximum absolute atomic E-state index is 12.3. The molecule has 0 spiro atoms. The van der Waals surface area contributed by atoms with Gasteiger partial charge in [0.2, 0.25) is 5.71 Å². The van der Waals surface area contributed by atoms with E-state index in [-0.39, 0.29) is 11.7 Å². The molecule has 0 fully saturated rings. The van der Waals surface area contributed by atoms with Gasteiger partial charge in [-0.1, -0.05) is 6.07 Å². The van der Waals surface area contributed by atoms with Gasteiger partial charge >= 0.3 is 0 Å². The molecule has 1 N–H and O–H groups in total. The van der Waals surface area contributed by atoms with E-state index in [0.717, 1.165) is 27.6 Å². The van der Waals surface area contributed by atoms with Gasteiger partial charge in [-0.25, -0.2) is 4.98 Å². The molecule has 1 aromatic carbocycles. The van der Waals surface area contributed by atoms with E-state index in [9.17, 15) is 4.79 Å². The van der Waals surface area contributed by atoms with E-state index in [4.69, 9.17) is 9.15 Å². The first kappa shape index (κ1) is 15.1. The molecule has 0 aliphatic rings. The average molecular weight is 333 g/mol. The summed E-state index contributed by atoms with van der Waals surface area (Å²) in [5.74, 6) is 0.698. The molecule has 25 heavy (non-hydrogen) atoms. The fourth-order valence-corrected chi connectivity index (χ4v) is 2.62. The van der Waals surface area contributed by atoms with Crippen LogP contribution in [0, 0.1) is 0 Å². The van der Waals surface area contributed by atoms with Crippen LogP contribution in [0.15, 0.2) is 59.3 Å². The monoisotopic (exact) mass is 333 g/mol. The van der Waals surface area contributed by atoms with Crippen LogP contribution >= 0.6 is 0 Å². The Morgan fingerprint density at radius 2 is 2.12 bits per heavy atom. The van der Waals surface area contributed by atoms with Gasteiger partial charge in [0, 0.05) is 29.7 Å². The first-order chi connectivity index (χ1) is 12.2. The topological polar surface area (TPSA) is 77.2 Å². The van der Waals surface area contributed by atoms with Crippen molar-refractivity contribution in [3.63, 3.8) is 0 Å². The molecule has 0 saturated carbocycles. The molecular weight excluding hydrogens is 318 g/mol. The molecule has 6 heteroatoms. The van der Waals surface area contributed by atoms with E-state index in [1.54, 1.807) is 25.6 Å². The van der Waals surface area contributed by atoms with E-state index in [0.29, 0.717) is 12.3 Å². The summed E-state index contributed by atoms with van der Waals surface area (Å²) >= 11 is 0. The van der Waals surface area contributed by atoms with Crippen LogP contribution in [0.4, 0.5) is 0 Å². The lowest BCUT2D eigenvalue weighted by Gasteiger charge is -2.02. The van der Waals surface area contributed by atoms with Crippen LogP contribution in [-0.2, 0) is 6.54 Å². The van der Waals surface area contributed by atoms with Crippen molar-refractivity contribution in [1.82, 2.24) is 15.3 Å². The Hall–Kier alpha value is -3.41. The van der Waals surface area contributed by atoms with Crippen LogP contribution in [0.1, 0.15) is 16.1 Å². The van der Waals surface area contributed by atoms with Crippen LogP contribution in [-0.4, -0.2) is 23.0 Å². The second-order valence-electron chi connectivity index (χ2n) is 5.60. The number of ether oxygens (including phenoxy) is 1. The molecule has 0 unspecified atom stereocenters. The number of hydrogen-bond donors (Lipinski definition) is 1. The molecule has 0 bridgehead atoms. The number of amides is 1. The highest BCUT2D eigenvalue weighted by Crippen LogP contribution is 2.25. The summed E-state index contributed by atoms with van der Waals surface area (Å²) in [6, 6.07) is 12.9. The van der Waals surface area contributed by atoms with Gasteiger partial charge in [-0.15, -0.1) is 0 Å². The van der Waals surface area contributed by atoms with Crippen LogP contribution < -0.4 is 10.1 Å². The van der Waals surface area contributed by atoms with Gasteiger partial charge < -0.3 is 14.5 Å². The van der Waals surface area contributed by atoms with Crippen molar-refractivity contribution in [1.29, 1.82) is 0 Å². The Morgan fingerprint density at radius 3 is 2.92 bits per heavy atom. The molecule has 0 radical (unpaired) electrons. The summed E-state index contributed by atoms with van der Waals surface area (Å²) < 4.78 is 10.8. The van der Waals surface area contributed by atoms with Gasteiger partial charge in [0.15, 0.2) is 5.76 Å². The Balaban J connectivity index is 1.61. The molecule has 1 amide bonds. The zero-order valence-corrected chi connectivity index (χ0v) is 13.5. The van der Waals surface area contributed by atoms with Gasteiger partial charge in [-0.05, 0) is 42.0 Å². The minimum atomic E-state index is -0.288. The number of carbonyl (C=O) groups excluding carboxylic acids is 1. The van der Waals surface area contributed by atoms with Gasteiger partial charge in [-0.3, -0.25) is 9.78 Å². The number of benzene rings is 1. The first-order valence-electron chi connectivity index (χ1n) is 7.78. The standard InChI is InChI=1S/C19H15N3O3/c1-24-15-4-5-16-13(8-15)7-14-9-17(25-19(14)22-16)18(23)21-11-12-3-2-6-20-10-12/h2-10H,11H2,1H3,(H,21,23). The van der Waals surface area contributed by atoms with Crippen molar-refractivity contribution in [2.24, 2.45) is 0 Å². The predicted octanol–water partition coefficient (Wildman–Crippen LogP) is 3.31. The summed E-state index contributed by atoms with van der Waals surface area (Å²) in [5.41, 5.74) is 2.14. The highest BCUT2D eigenvalue weighted by atomic mass is 16.5. The lowest BCUT2D eigenvalue weighted by atomic mass is 10.2. The molecule has 3 aromatic heterocycles. The smallest absolute Gasteiger partial charge is 0.287 e. The molecule has 0 atom stereocenters. The second-order valence-corrected chi connectivity index (χ2v) is 5.60. The number of carbonyl (C=O) groups is 1. The van der Waals surface area contributed by atoms with Crippen LogP contribution in [0.2, 0.25) is 0 Å². The normalized spacial score (nSPS) is 10.9. The summed E-state index contributed by atoms with van der Waals surface area (Å²) in [4.78, 5) is 20.8. The second kappa shape index (κ2) is 6.24. The lowest BCUT2D eigenvalue weighted by molar-refractivity contribution is 0.0925. The summed E-state index contributed by atoms with van der Waals surface area (Å²) in [6.07, 6.45) is 3.40. The zero-order valence-electron chi connectivity index (χ0n) is 13.5. The molecule has 0 aliphatic carbocycles. The van der Waals surface area contributed by atoms with E-state index in [1.165, 1.54) is 0 Å². The summed E-state index contributed by atoms with van der Waals surface area (Å²) in [7, 11) is 1.62. The van der Waals surface area contributed by atoms with Crippen LogP contribution in [0.25, 0.3) is 22.0 Å². The maximum atomic E-state index is 12.3. The number of nitrogens with zero attached hydrogens (tertiary/aromatic N) is 2. The molecule has 6 nitrogen and oxygen atoms in total. The summed E-state index contributed by atoms with van der Waals surface area (Å²) in [6.45, 7) is 0.385. The number of nitrogens with one attached hydrogen (secondary N) is 1. The number of methoxy groups -OCH3 is 1. The fourth-order valence-electron chi connectivity index (χ4n) is 2.62. The minimum Gasteiger partial charge on any atom is -0.497 e. The minimum absolute atomic E-state index is 0.230. The number of hydrogen-bond acceptors (Lipinski definition) is 5. The first-order valence-corrected chi connectivity index (χ1v) is 7.78. The third kappa shape index (κ3) is 3.01. The molecule has 124 valence electrons. The number of furan rings is 1. The molecule has 0 saturated heterocycles. The predicted molar refractivity (Wildman–Crippen MR) is 93.5 cm³/mol. The molecule has 0 aliphatic heterocycles. The van der Waals surface area contributed by atoms with E-state index in [1.807, 2.05) is 36.4 Å². The average Bonchev–Trinajstić information content (AvgIpc) is 3.07. The molecule has 4 rings (SSSR count). The number of pyridine rings is 2. The lowest BCUT2D eigenvalue weighted by Crippen LogP contribution is -2.22. The quantitative estimate of drug-likeness (QED) is 0.620. The van der Waals surface area contributed by atoms with Crippen molar-refractivity contribution in [2.45, 2.75) is 6.54 Å². The third-order valence-electron chi connectivity index (χ3n) is 3.91. The number of rotatable bonds is 4. The number of aromatic nitrogens is 2. The van der Waals surface area contributed by atoms with Gasteiger partial charge in [0.1, 0.15) is 5.75 Å². The van der Waals surface area contributed by atoms with Crippen molar-refractivity contribution in [2.75, 3.05) is 7.11 Å². The SMILES string of the molecule is COc1ccc2nc3oc(C(=O)NCc4cccnc4)cc3cc2c1. The van der Waals surface area contributed by atoms with E-state index < -0.39 is 0 Å². The van der Waals surface area contributed by atoms with Crippen molar-refractivity contribution in [3.8, 4) is 5.75 Å². The Morgan fingerprint density at radius 1 is 1.20 bits per heavy atom. The largest absolute Gasteiger partial charge is 0.497 e. The maximum Gasteiger partial charge on any atom is 0.287 e. The Kier molecular flexibility index (Phi) is 3.78.